The van der Waals surface area contributed by atoms with Crippen molar-refractivity contribution < 1.29 is 9.53 Å². The molecule has 2 N–H and O–H groups in total. The van der Waals surface area contributed by atoms with Gasteiger partial charge in [0.1, 0.15) is 5.75 Å². The van der Waals surface area contributed by atoms with Crippen LogP contribution in [0.25, 0.3) is 23.1 Å². The van der Waals surface area contributed by atoms with Crippen molar-refractivity contribution in [2.45, 2.75) is 50.2 Å². The van der Waals surface area contributed by atoms with Crippen molar-refractivity contribution >= 4 is 34.6 Å². The molecule has 210 valence electrons. The summed E-state index contributed by atoms with van der Waals surface area (Å²) in [7, 11) is 3.89. The Kier molecular flexibility index (Phi) is 6.25. The van der Waals surface area contributed by atoms with Gasteiger partial charge in [-0.1, -0.05) is 42.5 Å². The molecule has 3 aromatic carbocycles. The second kappa shape index (κ2) is 9.86. The molecule has 7 rings (SSSR count). The number of hydrogen-bond acceptors (Lipinski definition) is 5. The fourth-order valence-electron chi connectivity index (χ4n) is 6.91. The lowest BCUT2D eigenvalue weighted by Gasteiger charge is -2.42. The first-order chi connectivity index (χ1) is 19.9. The molecule has 7 heteroatoms. The van der Waals surface area contributed by atoms with Gasteiger partial charge in [0.25, 0.3) is 0 Å². The summed E-state index contributed by atoms with van der Waals surface area (Å²) in [5, 5.41) is 12.0. The maximum absolute atomic E-state index is 13.1. The minimum atomic E-state index is -0.507. The number of benzene rings is 3. The van der Waals surface area contributed by atoms with E-state index >= 15 is 0 Å². The van der Waals surface area contributed by atoms with E-state index < -0.39 is 5.41 Å². The summed E-state index contributed by atoms with van der Waals surface area (Å²) in [5.41, 5.74) is 6.98. The number of likely N-dealkylation sites (N-methyl/N-ethyl adjacent to an activating group) is 1. The number of H-pyrrole nitrogens is 1. The average Bonchev–Trinajstić information content (AvgIpc) is 3.52. The standard InChI is InChI=1S/C34H37N5O2/c1-21-18-39(19-22(2)38(21)3)20-24-7-5-23(6-8-24)9-13-30-27-12-10-25(15-32(27)37-36-30)29-17-34(29)28-16-26(41-4)11-14-31(28)35-33(34)40/h5-16,21-22,29H,17-20H2,1-4H3,(H,35,40)(H,36,37)/b13-9+. The smallest absolute Gasteiger partial charge is 0.235 e. The predicted molar refractivity (Wildman–Crippen MR) is 164 cm³/mol. The van der Waals surface area contributed by atoms with Crippen LogP contribution in [0.1, 0.15) is 54.1 Å². The maximum atomic E-state index is 13.1. The van der Waals surface area contributed by atoms with Gasteiger partial charge >= 0.3 is 0 Å². The molecule has 1 spiro atoms. The third-order valence-electron chi connectivity index (χ3n) is 9.60. The minimum absolute atomic E-state index is 0.0813. The Morgan fingerprint density at radius 1 is 1.02 bits per heavy atom. The molecular formula is C34H37N5O2. The second-order valence-corrected chi connectivity index (χ2v) is 12.1. The lowest BCUT2D eigenvalue weighted by Crippen LogP contribution is -2.54. The first-order valence-corrected chi connectivity index (χ1v) is 14.5. The Bertz CT molecular complexity index is 1650. The van der Waals surface area contributed by atoms with Crippen molar-refractivity contribution in [3.05, 3.63) is 88.6 Å². The highest BCUT2D eigenvalue weighted by molar-refractivity contribution is 6.10. The molecular weight excluding hydrogens is 510 g/mol. The van der Waals surface area contributed by atoms with Gasteiger partial charge in [-0.05, 0) is 79.9 Å². The summed E-state index contributed by atoms with van der Waals surface area (Å²) in [6.07, 6.45) is 4.99. The van der Waals surface area contributed by atoms with Crippen LogP contribution in [0.3, 0.4) is 0 Å². The van der Waals surface area contributed by atoms with E-state index in [9.17, 15) is 4.79 Å². The number of hydrogen-bond donors (Lipinski definition) is 2. The summed E-state index contributed by atoms with van der Waals surface area (Å²) >= 11 is 0. The van der Waals surface area contributed by atoms with Crippen molar-refractivity contribution in [1.29, 1.82) is 0 Å². The molecule has 3 heterocycles. The summed E-state index contributed by atoms with van der Waals surface area (Å²) in [6, 6.07) is 22.3. The van der Waals surface area contributed by atoms with E-state index in [0.717, 1.165) is 70.8 Å². The number of methoxy groups -OCH3 is 1. The molecule has 3 aliphatic rings. The molecule has 2 fully saturated rings. The fraction of sp³-hybridized carbons (Fsp3) is 0.353. The summed E-state index contributed by atoms with van der Waals surface area (Å²) in [6.45, 7) is 7.81. The zero-order chi connectivity index (χ0) is 28.3. The van der Waals surface area contributed by atoms with Crippen LogP contribution in [-0.4, -0.2) is 65.2 Å². The summed E-state index contributed by atoms with van der Waals surface area (Å²) < 4.78 is 5.44. The number of nitrogens with zero attached hydrogens (tertiary/aromatic N) is 3. The molecule has 1 aromatic heterocycles. The Hall–Kier alpha value is -3.94. The third kappa shape index (κ3) is 4.44. The number of aromatic nitrogens is 2. The molecule has 1 saturated carbocycles. The highest BCUT2D eigenvalue weighted by atomic mass is 16.5. The fourth-order valence-corrected chi connectivity index (χ4v) is 6.91. The zero-order valence-electron chi connectivity index (χ0n) is 24.1. The van der Waals surface area contributed by atoms with E-state index in [-0.39, 0.29) is 11.8 Å². The van der Waals surface area contributed by atoms with Gasteiger partial charge in [0.2, 0.25) is 5.91 Å². The molecule has 0 bridgehead atoms. The van der Waals surface area contributed by atoms with Crippen molar-refractivity contribution in [1.82, 2.24) is 20.0 Å². The first-order valence-electron chi connectivity index (χ1n) is 14.5. The van der Waals surface area contributed by atoms with Crippen LogP contribution >= 0.6 is 0 Å². The maximum Gasteiger partial charge on any atom is 0.235 e. The highest BCUT2D eigenvalue weighted by Crippen LogP contribution is 2.65. The number of anilines is 1. The van der Waals surface area contributed by atoms with Crippen LogP contribution < -0.4 is 10.1 Å². The number of piperazine rings is 1. The Labute approximate surface area is 241 Å². The number of fused-ring (bicyclic) bond motifs is 3. The quantitative estimate of drug-likeness (QED) is 0.327. The highest BCUT2D eigenvalue weighted by Gasteiger charge is 2.65. The second-order valence-electron chi connectivity index (χ2n) is 12.1. The van der Waals surface area contributed by atoms with Gasteiger partial charge in [-0.2, -0.15) is 5.10 Å². The lowest BCUT2D eigenvalue weighted by atomic mass is 9.91. The molecule has 41 heavy (non-hydrogen) atoms. The van der Waals surface area contributed by atoms with Crippen molar-refractivity contribution in [3.63, 3.8) is 0 Å². The molecule has 1 amide bonds. The molecule has 4 atom stereocenters. The molecule has 1 saturated heterocycles. The van der Waals surface area contributed by atoms with Crippen molar-refractivity contribution in [2.75, 3.05) is 32.6 Å². The largest absolute Gasteiger partial charge is 0.497 e. The molecule has 4 aromatic rings. The van der Waals surface area contributed by atoms with Gasteiger partial charge in [-0.3, -0.25) is 19.7 Å². The number of nitrogens with one attached hydrogen (secondary N) is 2. The van der Waals surface area contributed by atoms with E-state index in [2.05, 4.69) is 101 Å². The van der Waals surface area contributed by atoms with Gasteiger partial charge in [-0.25, -0.2) is 0 Å². The number of ether oxygens (including phenoxy) is 1. The van der Waals surface area contributed by atoms with Crippen LogP contribution in [-0.2, 0) is 16.8 Å². The van der Waals surface area contributed by atoms with Gasteiger partial charge in [-0.15, -0.1) is 0 Å². The van der Waals surface area contributed by atoms with E-state index in [0.29, 0.717) is 12.1 Å². The molecule has 1 aliphatic carbocycles. The summed E-state index contributed by atoms with van der Waals surface area (Å²) in [5.74, 6) is 0.996. The third-order valence-corrected chi connectivity index (χ3v) is 9.60. The van der Waals surface area contributed by atoms with Crippen LogP contribution in [0.5, 0.6) is 5.75 Å². The van der Waals surface area contributed by atoms with Gasteiger partial charge in [0.05, 0.1) is 23.7 Å². The van der Waals surface area contributed by atoms with Crippen molar-refractivity contribution in [2.24, 2.45) is 0 Å². The normalized spacial score (nSPS) is 26.1. The number of rotatable bonds is 6. The SMILES string of the molecule is COc1ccc2c(c1)C1(CC1c1ccc3c(/C=C/c4ccc(CN5CC(C)N(C)C(C)C5)cc4)n[nH]c3c1)C(=O)N2. The topological polar surface area (TPSA) is 73.5 Å². The summed E-state index contributed by atoms with van der Waals surface area (Å²) in [4.78, 5) is 18.1. The van der Waals surface area contributed by atoms with E-state index in [1.807, 2.05) is 18.2 Å². The number of aromatic amines is 1. The average molecular weight is 548 g/mol. The number of amides is 1. The van der Waals surface area contributed by atoms with E-state index in [1.165, 1.54) is 5.56 Å². The lowest BCUT2D eigenvalue weighted by molar-refractivity contribution is -0.118. The number of carbonyl (C=O) groups excluding carboxylic acids is 1. The van der Waals surface area contributed by atoms with Crippen molar-refractivity contribution in [3.8, 4) is 5.75 Å². The van der Waals surface area contributed by atoms with Gasteiger partial charge < -0.3 is 10.1 Å². The molecule has 2 aliphatic heterocycles. The minimum Gasteiger partial charge on any atom is -0.497 e. The number of carbonyl (C=O) groups is 1. The van der Waals surface area contributed by atoms with Gasteiger partial charge in [0.15, 0.2) is 0 Å². The van der Waals surface area contributed by atoms with Gasteiger partial charge in [0, 0.05) is 48.7 Å². The molecule has 4 unspecified atom stereocenters. The first kappa shape index (κ1) is 26.0. The molecule has 7 nitrogen and oxygen atoms in total. The predicted octanol–water partition coefficient (Wildman–Crippen LogP) is 5.64. The Morgan fingerprint density at radius 2 is 1.80 bits per heavy atom. The van der Waals surface area contributed by atoms with Crippen LogP contribution in [0.4, 0.5) is 5.69 Å². The monoisotopic (exact) mass is 547 g/mol. The Morgan fingerprint density at radius 3 is 2.56 bits per heavy atom. The zero-order valence-corrected chi connectivity index (χ0v) is 24.1. The Balaban J connectivity index is 1.05. The van der Waals surface area contributed by atoms with Crippen LogP contribution in [0, 0.1) is 0 Å². The molecule has 0 radical (unpaired) electrons. The van der Waals surface area contributed by atoms with E-state index in [4.69, 9.17) is 4.74 Å². The van der Waals surface area contributed by atoms with E-state index in [1.54, 1.807) is 7.11 Å². The van der Waals surface area contributed by atoms with Crippen LogP contribution in [0.15, 0.2) is 60.7 Å². The van der Waals surface area contributed by atoms with Crippen LogP contribution in [0.2, 0.25) is 0 Å².